The predicted octanol–water partition coefficient (Wildman–Crippen LogP) is 3.81. The van der Waals surface area contributed by atoms with Gasteiger partial charge in [0.15, 0.2) is 11.6 Å². The first-order valence-electron chi connectivity index (χ1n) is 7.97. The van der Waals surface area contributed by atoms with Crippen molar-refractivity contribution in [2.24, 2.45) is 0 Å². The molecule has 0 N–H and O–H groups in total. The minimum atomic E-state index is -0.493. The topological polar surface area (TPSA) is 42.4 Å². The van der Waals surface area contributed by atoms with Gasteiger partial charge in [0, 0.05) is 18.2 Å². The van der Waals surface area contributed by atoms with Gasteiger partial charge in [-0.15, -0.1) is 0 Å². The zero-order chi connectivity index (χ0) is 17.0. The number of aromatic nitrogens is 1. The van der Waals surface area contributed by atoms with Crippen LogP contribution in [0.25, 0.3) is 0 Å². The average Bonchev–Trinajstić information content (AvgIpc) is 2.56. The Balaban J connectivity index is 2.29. The van der Waals surface area contributed by atoms with Crippen LogP contribution < -0.4 is 4.74 Å². The van der Waals surface area contributed by atoms with Crippen molar-refractivity contribution in [1.29, 1.82) is 0 Å². The number of rotatable bonds is 6. The van der Waals surface area contributed by atoms with Gasteiger partial charge in [-0.25, -0.2) is 4.39 Å². The molecule has 1 amide bonds. The number of pyridine rings is 1. The molecule has 1 aromatic heterocycles. The molecule has 4 nitrogen and oxygen atoms in total. The predicted molar refractivity (Wildman–Crippen MR) is 87.6 cm³/mol. The van der Waals surface area contributed by atoms with Gasteiger partial charge >= 0.3 is 0 Å². The minimum Gasteiger partial charge on any atom is -0.491 e. The highest BCUT2D eigenvalue weighted by Crippen LogP contribution is 2.30. The zero-order valence-corrected chi connectivity index (χ0v) is 13.9. The van der Waals surface area contributed by atoms with E-state index in [4.69, 9.17) is 4.74 Å². The summed E-state index contributed by atoms with van der Waals surface area (Å²) in [7, 11) is 0. The highest BCUT2D eigenvalue weighted by molar-refractivity contribution is 5.98. The number of carbonyl (C=O) groups is 1. The van der Waals surface area contributed by atoms with E-state index in [0.29, 0.717) is 24.4 Å². The van der Waals surface area contributed by atoms with Crippen LogP contribution in [0, 0.1) is 5.82 Å². The molecule has 0 saturated carbocycles. The summed E-state index contributed by atoms with van der Waals surface area (Å²) in [5.41, 5.74) is 2.43. The molecule has 0 saturated heterocycles. The summed E-state index contributed by atoms with van der Waals surface area (Å²) in [4.78, 5) is 18.6. The fraction of sp³-hybridized carbons (Fsp3) is 0.444. The van der Waals surface area contributed by atoms with Crippen molar-refractivity contribution < 1.29 is 13.9 Å². The van der Waals surface area contributed by atoms with E-state index in [2.05, 4.69) is 11.6 Å². The molecule has 0 spiro atoms. The standard InChI is InChI=1S/C18H23FN2O2/c1-5-13-8-9-21(18(22)14(13)6-2)12(4)16-10-17(23-7-3)15(19)11-20-16/h6,10-12H,2,5,7-9H2,1,3-4H3/t12-/m0/s1. The van der Waals surface area contributed by atoms with Crippen molar-refractivity contribution >= 4 is 5.91 Å². The van der Waals surface area contributed by atoms with Crippen molar-refractivity contribution in [3.63, 3.8) is 0 Å². The maximum absolute atomic E-state index is 13.7. The van der Waals surface area contributed by atoms with Crippen LogP contribution >= 0.6 is 0 Å². The second-order valence-electron chi connectivity index (χ2n) is 5.47. The van der Waals surface area contributed by atoms with Crippen LogP contribution in [0.1, 0.15) is 45.3 Å². The minimum absolute atomic E-state index is 0.0420. The van der Waals surface area contributed by atoms with E-state index in [1.807, 2.05) is 13.8 Å². The molecule has 1 aliphatic rings. The molecule has 2 heterocycles. The Labute approximate surface area is 136 Å². The molecule has 1 aromatic rings. The third-order valence-electron chi connectivity index (χ3n) is 4.19. The number of hydrogen-bond donors (Lipinski definition) is 0. The molecule has 2 rings (SSSR count). The van der Waals surface area contributed by atoms with Crippen LogP contribution in [0.3, 0.4) is 0 Å². The summed E-state index contributed by atoms with van der Waals surface area (Å²) in [6, 6.07) is 1.32. The van der Waals surface area contributed by atoms with Gasteiger partial charge in [0.2, 0.25) is 0 Å². The molecule has 1 atom stereocenters. The van der Waals surface area contributed by atoms with Gasteiger partial charge in [-0.2, -0.15) is 0 Å². The van der Waals surface area contributed by atoms with Crippen LogP contribution in [0.4, 0.5) is 4.39 Å². The molecule has 0 aromatic carbocycles. The van der Waals surface area contributed by atoms with Crippen LogP contribution in [0.15, 0.2) is 36.1 Å². The van der Waals surface area contributed by atoms with Crippen molar-refractivity contribution in [2.75, 3.05) is 13.2 Å². The Morgan fingerprint density at radius 3 is 2.87 bits per heavy atom. The number of nitrogens with zero attached hydrogens (tertiary/aromatic N) is 2. The van der Waals surface area contributed by atoms with Crippen molar-refractivity contribution in [3.05, 3.63) is 47.6 Å². The first-order valence-corrected chi connectivity index (χ1v) is 7.97. The van der Waals surface area contributed by atoms with E-state index in [0.717, 1.165) is 24.6 Å². The second kappa shape index (κ2) is 7.40. The van der Waals surface area contributed by atoms with Gasteiger partial charge in [0.25, 0.3) is 5.91 Å². The van der Waals surface area contributed by atoms with Crippen molar-refractivity contribution in [2.45, 2.75) is 39.7 Å². The lowest BCUT2D eigenvalue weighted by Gasteiger charge is -2.34. The van der Waals surface area contributed by atoms with Crippen LogP contribution in [0.2, 0.25) is 0 Å². The molecule has 0 fully saturated rings. The Morgan fingerprint density at radius 1 is 1.52 bits per heavy atom. The molecule has 0 unspecified atom stereocenters. The SMILES string of the molecule is C=CC1=C(CC)CCN([C@@H](C)c2cc(OCC)c(F)cn2)C1=O. The number of ether oxygens (including phenoxy) is 1. The quantitative estimate of drug-likeness (QED) is 0.801. The van der Waals surface area contributed by atoms with Gasteiger partial charge in [-0.3, -0.25) is 9.78 Å². The van der Waals surface area contributed by atoms with E-state index in [1.165, 1.54) is 0 Å². The van der Waals surface area contributed by atoms with E-state index in [1.54, 1.807) is 24.0 Å². The number of amides is 1. The van der Waals surface area contributed by atoms with Gasteiger partial charge in [-0.05, 0) is 26.7 Å². The van der Waals surface area contributed by atoms with E-state index in [-0.39, 0.29) is 17.7 Å². The van der Waals surface area contributed by atoms with Crippen molar-refractivity contribution in [1.82, 2.24) is 9.88 Å². The third kappa shape index (κ3) is 3.44. The molecule has 23 heavy (non-hydrogen) atoms. The van der Waals surface area contributed by atoms with Crippen molar-refractivity contribution in [3.8, 4) is 5.75 Å². The van der Waals surface area contributed by atoms with Gasteiger partial charge in [0.1, 0.15) is 0 Å². The first kappa shape index (κ1) is 17.2. The normalized spacial score (nSPS) is 16.5. The molecule has 0 aliphatic carbocycles. The molecular formula is C18H23FN2O2. The van der Waals surface area contributed by atoms with Gasteiger partial charge in [0.05, 0.1) is 24.5 Å². The lowest BCUT2D eigenvalue weighted by Crippen LogP contribution is -2.39. The Kier molecular flexibility index (Phi) is 5.53. The average molecular weight is 318 g/mol. The largest absolute Gasteiger partial charge is 0.491 e. The number of carbonyl (C=O) groups excluding carboxylic acids is 1. The summed E-state index contributed by atoms with van der Waals surface area (Å²) in [5, 5.41) is 0. The summed E-state index contributed by atoms with van der Waals surface area (Å²) in [5.74, 6) is -0.366. The number of halogens is 1. The summed E-state index contributed by atoms with van der Waals surface area (Å²) in [6.45, 7) is 10.5. The van der Waals surface area contributed by atoms with Gasteiger partial charge < -0.3 is 9.64 Å². The Morgan fingerprint density at radius 2 is 2.26 bits per heavy atom. The van der Waals surface area contributed by atoms with Crippen LogP contribution in [0.5, 0.6) is 5.75 Å². The van der Waals surface area contributed by atoms with E-state index < -0.39 is 5.82 Å². The molecule has 1 aliphatic heterocycles. The maximum Gasteiger partial charge on any atom is 0.254 e. The first-order chi connectivity index (χ1) is 11.0. The second-order valence-corrected chi connectivity index (χ2v) is 5.47. The van der Waals surface area contributed by atoms with E-state index >= 15 is 0 Å². The summed E-state index contributed by atoms with van der Waals surface area (Å²) >= 11 is 0. The monoisotopic (exact) mass is 318 g/mol. The highest BCUT2D eigenvalue weighted by Gasteiger charge is 2.29. The fourth-order valence-electron chi connectivity index (χ4n) is 2.86. The lowest BCUT2D eigenvalue weighted by atomic mass is 9.95. The fourth-order valence-corrected chi connectivity index (χ4v) is 2.86. The molecule has 0 radical (unpaired) electrons. The molecule has 0 bridgehead atoms. The highest BCUT2D eigenvalue weighted by atomic mass is 19.1. The Bertz CT molecular complexity index is 640. The Hall–Kier alpha value is -2.17. The lowest BCUT2D eigenvalue weighted by molar-refractivity contribution is -0.129. The third-order valence-corrected chi connectivity index (χ3v) is 4.19. The smallest absolute Gasteiger partial charge is 0.254 e. The molecule has 5 heteroatoms. The van der Waals surface area contributed by atoms with Gasteiger partial charge in [-0.1, -0.05) is 25.2 Å². The van der Waals surface area contributed by atoms with Crippen LogP contribution in [-0.4, -0.2) is 28.9 Å². The summed E-state index contributed by atoms with van der Waals surface area (Å²) in [6.07, 6.45) is 4.45. The molecule has 124 valence electrons. The zero-order valence-electron chi connectivity index (χ0n) is 13.9. The maximum atomic E-state index is 13.7. The van der Waals surface area contributed by atoms with Crippen LogP contribution in [-0.2, 0) is 4.79 Å². The van der Waals surface area contributed by atoms with E-state index in [9.17, 15) is 9.18 Å². The number of hydrogen-bond acceptors (Lipinski definition) is 3. The summed E-state index contributed by atoms with van der Waals surface area (Å²) < 4.78 is 18.9. The molecular weight excluding hydrogens is 295 g/mol.